The first-order valence-corrected chi connectivity index (χ1v) is 7.43. The molecule has 1 fully saturated rings. The van der Waals surface area contributed by atoms with Crippen molar-refractivity contribution in [3.8, 4) is 0 Å². The van der Waals surface area contributed by atoms with E-state index in [0.29, 0.717) is 25.2 Å². The van der Waals surface area contributed by atoms with Gasteiger partial charge in [0.15, 0.2) is 0 Å². The number of rotatable bonds is 3. The average Bonchev–Trinajstić information content (AvgIpc) is 2.37. The molecule has 0 bridgehead atoms. The van der Waals surface area contributed by atoms with Crippen LogP contribution in [0.3, 0.4) is 0 Å². The molecule has 0 aromatic heterocycles. The van der Waals surface area contributed by atoms with Crippen molar-refractivity contribution in [1.29, 1.82) is 0 Å². The van der Waals surface area contributed by atoms with E-state index in [9.17, 15) is 8.78 Å². The molecule has 0 aliphatic carbocycles. The van der Waals surface area contributed by atoms with Crippen molar-refractivity contribution in [1.82, 2.24) is 10.2 Å². The van der Waals surface area contributed by atoms with E-state index in [4.69, 9.17) is 0 Å². The fourth-order valence-electron chi connectivity index (χ4n) is 2.42. The van der Waals surface area contributed by atoms with Crippen molar-refractivity contribution in [2.75, 3.05) is 38.1 Å². The SMILES string of the molecule is CN1CCN(c2c(F)cc(CNC(C)(C)C)cc2F)CC1. The zero-order chi connectivity index (χ0) is 15.6. The molecule has 5 heteroatoms. The highest BCUT2D eigenvalue weighted by atomic mass is 19.1. The summed E-state index contributed by atoms with van der Waals surface area (Å²) in [6, 6.07) is 2.88. The van der Waals surface area contributed by atoms with Gasteiger partial charge in [-0.05, 0) is 45.5 Å². The summed E-state index contributed by atoms with van der Waals surface area (Å²) in [5.41, 5.74) is 0.670. The van der Waals surface area contributed by atoms with E-state index in [1.54, 1.807) is 4.90 Å². The summed E-state index contributed by atoms with van der Waals surface area (Å²) < 4.78 is 28.6. The Morgan fingerprint density at radius 2 is 1.57 bits per heavy atom. The molecule has 0 atom stereocenters. The molecule has 0 unspecified atom stereocenters. The molecule has 118 valence electrons. The second-order valence-electron chi connectivity index (χ2n) is 6.80. The van der Waals surface area contributed by atoms with Crippen LogP contribution in [0, 0.1) is 11.6 Å². The summed E-state index contributed by atoms with van der Waals surface area (Å²) in [6.45, 7) is 9.50. The molecule has 21 heavy (non-hydrogen) atoms. The van der Waals surface area contributed by atoms with Crippen LogP contribution in [-0.2, 0) is 6.54 Å². The number of halogens is 2. The van der Waals surface area contributed by atoms with Gasteiger partial charge in [-0.1, -0.05) is 0 Å². The summed E-state index contributed by atoms with van der Waals surface area (Å²) in [5, 5.41) is 3.24. The minimum absolute atomic E-state index is 0.0803. The molecule has 2 rings (SSSR count). The second kappa shape index (κ2) is 6.28. The van der Waals surface area contributed by atoms with E-state index in [-0.39, 0.29) is 11.2 Å². The van der Waals surface area contributed by atoms with Gasteiger partial charge in [-0.3, -0.25) is 0 Å². The highest BCUT2D eigenvalue weighted by Gasteiger charge is 2.21. The van der Waals surface area contributed by atoms with Crippen molar-refractivity contribution in [3.63, 3.8) is 0 Å². The molecule has 3 nitrogen and oxygen atoms in total. The lowest BCUT2D eigenvalue weighted by Crippen LogP contribution is -2.45. The van der Waals surface area contributed by atoms with Gasteiger partial charge in [0.1, 0.15) is 17.3 Å². The van der Waals surface area contributed by atoms with Crippen molar-refractivity contribution >= 4 is 5.69 Å². The van der Waals surface area contributed by atoms with Gasteiger partial charge in [0.2, 0.25) is 0 Å². The quantitative estimate of drug-likeness (QED) is 0.925. The summed E-state index contributed by atoms with van der Waals surface area (Å²) in [4.78, 5) is 3.96. The van der Waals surface area contributed by atoms with Crippen molar-refractivity contribution in [2.24, 2.45) is 0 Å². The Labute approximate surface area is 125 Å². The molecular formula is C16H25F2N3. The van der Waals surface area contributed by atoms with Gasteiger partial charge in [-0.15, -0.1) is 0 Å². The Balaban J connectivity index is 2.14. The molecule has 1 aromatic carbocycles. The Kier molecular flexibility index (Phi) is 4.84. The Morgan fingerprint density at radius 1 is 1.05 bits per heavy atom. The third-order valence-electron chi connectivity index (χ3n) is 3.72. The number of hydrogen-bond donors (Lipinski definition) is 1. The van der Waals surface area contributed by atoms with E-state index in [0.717, 1.165) is 13.1 Å². The highest BCUT2D eigenvalue weighted by molar-refractivity contribution is 5.51. The number of anilines is 1. The number of benzene rings is 1. The van der Waals surface area contributed by atoms with Gasteiger partial charge < -0.3 is 15.1 Å². The van der Waals surface area contributed by atoms with Crippen LogP contribution in [0.15, 0.2) is 12.1 Å². The number of likely N-dealkylation sites (N-methyl/N-ethyl adjacent to an activating group) is 1. The molecule has 1 N–H and O–H groups in total. The van der Waals surface area contributed by atoms with Crippen LogP contribution in [0.5, 0.6) is 0 Å². The smallest absolute Gasteiger partial charge is 0.149 e. The number of piperazine rings is 1. The molecular weight excluding hydrogens is 272 g/mol. The third-order valence-corrected chi connectivity index (χ3v) is 3.72. The molecule has 0 saturated carbocycles. The predicted octanol–water partition coefficient (Wildman–Crippen LogP) is 2.60. The van der Waals surface area contributed by atoms with E-state index in [2.05, 4.69) is 10.2 Å². The van der Waals surface area contributed by atoms with Gasteiger partial charge in [0.25, 0.3) is 0 Å². The summed E-state index contributed by atoms with van der Waals surface area (Å²) in [5.74, 6) is -0.935. The highest BCUT2D eigenvalue weighted by Crippen LogP contribution is 2.26. The number of nitrogens with one attached hydrogen (secondary N) is 1. The first kappa shape index (κ1) is 16.2. The molecule has 1 aliphatic heterocycles. The maximum absolute atomic E-state index is 14.3. The van der Waals surface area contributed by atoms with E-state index in [1.807, 2.05) is 27.8 Å². The Hall–Kier alpha value is -1.20. The van der Waals surface area contributed by atoms with Crippen LogP contribution in [0.4, 0.5) is 14.5 Å². The molecule has 1 heterocycles. The maximum Gasteiger partial charge on any atom is 0.149 e. The van der Waals surface area contributed by atoms with Gasteiger partial charge >= 0.3 is 0 Å². The molecule has 1 aromatic rings. The second-order valence-corrected chi connectivity index (χ2v) is 6.80. The van der Waals surface area contributed by atoms with Crippen LogP contribution in [-0.4, -0.2) is 43.7 Å². The number of nitrogens with zero attached hydrogens (tertiary/aromatic N) is 2. The van der Waals surface area contributed by atoms with E-state index < -0.39 is 11.6 Å². The molecule has 0 amide bonds. The van der Waals surface area contributed by atoms with E-state index in [1.165, 1.54) is 12.1 Å². The Bertz CT molecular complexity index is 466. The van der Waals surface area contributed by atoms with Crippen LogP contribution in [0.2, 0.25) is 0 Å². The third kappa shape index (κ3) is 4.38. The van der Waals surface area contributed by atoms with Crippen molar-refractivity contribution in [2.45, 2.75) is 32.9 Å². The summed E-state index contributed by atoms with van der Waals surface area (Å²) in [7, 11) is 2.02. The van der Waals surface area contributed by atoms with Crippen LogP contribution < -0.4 is 10.2 Å². The lowest BCUT2D eigenvalue weighted by molar-refractivity contribution is 0.310. The van der Waals surface area contributed by atoms with E-state index >= 15 is 0 Å². The average molecular weight is 297 g/mol. The first-order valence-electron chi connectivity index (χ1n) is 7.43. The number of hydrogen-bond acceptors (Lipinski definition) is 3. The van der Waals surface area contributed by atoms with Gasteiger partial charge in [0, 0.05) is 38.3 Å². The van der Waals surface area contributed by atoms with Crippen LogP contribution in [0.1, 0.15) is 26.3 Å². The topological polar surface area (TPSA) is 18.5 Å². The lowest BCUT2D eigenvalue weighted by Gasteiger charge is -2.34. The summed E-state index contributed by atoms with van der Waals surface area (Å²) >= 11 is 0. The van der Waals surface area contributed by atoms with Crippen LogP contribution in [0.25, 0.3) is 0 Å². The minimum atomic E-state index is -0.467. The molecule has 0 spiro atoms. The standard InChI is InChI=1S/C16H25F2N3/c1-16(2,3)19-11-12-9-13(17)15(14(18)10-12)21-7-5-20(4)6-8-21/h9-10,19H,5-8,11H2,1-4H3. The minimum Gasteiger partial charge on any atom is -0.364 e. The zero-order valence-corrected chi connectivity index (χ0v) is 13.3. The fourth-order valence-corrected chi connectivity index (χ4v) is 2.42. The first-order chi connectivity index (χ1) is 9.76. The lowest BCUT2D eigenvalue weighted by atomic mass is 10.1. The van der Waals surface area contributed by atoms with Gasteiger partial charge in [-0.2, -0.15) is 0 Å². The monoisotopic (exact) mass is 297 g/mol. The van der Waals surface area contributed by atoms with Gasteiger partial charge in [-0.25, -0.2) is 8.78 Å². The Morgan fingerprint density at radius 3 is 2.05 bits per heavy atom. The molecule has 1 aliphatic rings. The largest absolute Gasteiger partial charge is 0.364 e. The maximum atomic E-state index is 14.3. The fraction of sp³-hybridized carbons (Fsp3) is 0.625. The van der Waals surface area contributed by atoms with Crippen molar-refractivity contribution in [3.05, 3.63) is 29.3 Å². The summed E-state index contributed by atoms with van der Waals surface area (Å²) in [6.07, 6.45) is 0. The van der Waals surface area contributed by atoms with Gasteiger partial charge in [0.05, 0.1) is 0 Å². The van der Waals surface area contributed by atoms with Crippen LogP contribution >= 0.6 is 0 Å². The molecule has 0 radical (unpaired) electrons. The molecule has 1 saturated heterocycles. The predicted molar refractivity (Wildman–Crippen MR) is 82.7 cm³/mol. The normalized spacial score (nSPS) is 17.3. The van der Waals surface area contributed by atoms with Crippen molar-refractivity contribution < 1.29 is 8.78 Å². The zero-order valence-electron chi connectivity index (χ0n) is 13.3.